The van der Waals surface area contributed by atoms with Gasteiger partial charge in [0.05, 0.1) is 12.0 Å². The number of hydrogen-bond donors (Lipinski definition) is 1. The lowest BCUT2D eigenvalue weighted by Crippen LogP contribution is -2.50. The minimum absolute atomic E-state index is 0.0457. The van der Waals surface area contributed by atoms with Gasteiger partial charge in [-0.25, -0.2) is 0 Å². The molecular weight excluding hydrogens is 236 g/mol. The molecule has 0 amide bonds. The first-order valence-corrected chi connectivity index (χ1v) is 5.61. The second-order valence-corrected chi connectivity index (χ2v) is 4.50. The fourth-order valence-corrected chi connectivity index (χ4v) is 2.25. The van der Waals surface area contributed by atoms with Crippen LogP contribution in [-0.2, 0) is 9.47 Å². The highest BCUT2D eigenvalue weighted by molar-refractivity contribution is 6.00. The van der Waals surface area contributed by atoms with Crippen molar-refractivity contribution in [3.8, 4) is 11.5 Å². The first-order valence-electron chi connectivity index (χ1n) is 5.61. The van der Waals surface area contributed by atoms with Crippen LogP contribution < -0.4 is 4.74 Å². The zero-order chi connectivity index (χ0) is 13.3. The Kier molecular flexibility index (Phi) is 3.28. The van der Waals surface area contributed by atoms with Crippen LogP contribution in [0.5, 0.6) is 11.5 Å². The van der Waals surface area contributed by atoms with Crippen molar-refractivity contribution in [2.24, 2.45) is 0 Å². The maximum Gasteiger partial charge on any atom is 0.197 e. The SMILES string of the molecule is COC(OC)C1(C)CC(=O)c2cc(O)ccc2O1. The molecule has 0 spiro atoms. The summed E-state index contributed by atoms with van der Waals surface area (Å²) in [5, 5.41) is 9.38. The number of phenolic OH excluding ortho intramolecular Hbond substituents is 1. The molecule has 98 valence electrons. The summed E-state index contributed by atoms with van der Waals surface area (Å²) in [6, 6.07) is 4.46. The number of methoxy groups -OCH3 is 2. The molecule has 0 aliphatic carbocycles. The molecule has 1 aliphatic rings. The van der Waals surface area contributed by atoms with Crippen LogP contribution in [0.25, 0.3) is 0 Å². The Hall–Kier alpha value is -1.59. The van der Waals surface area contributed by atoms with Crippen LogP contribution in [0.1, 0.15) is 23.7 Å². The van der Waals surface area contributed by atoms with Gasteiger partial charge in [0.1, 0.15) is 11.5 Å². The van der Waals surface area contributed by atoms with Gasteiger partial charge >= 0.3 is 0 Å². The summed E-state index contributed by atoms with van der Waals surface area (Å²) in [7, 11) is 3.00. The summed E-state index contributed by atoms with van der Waals surface area (Å²) in [5.41, 5.74) is -0.483. The predicted octanol–water partition coefficient (Wildman–Crippen LogP) is 1.73. The largest absolute Gasteiger partial charge is 0.508 e. The van der Waals surface area contributed by atoms with E-state index >= 15 is 0 Å². The first-order chi connectivity index (χ1) is 8.50. The highest BCUT2D eigenvalue weighted by Crippen LogP contribution is 2.37. The van der Waals surface area contributed by atoms with Crippen LogP contribution in [-0.4, -0.2) is 37.0 Å². The Morgan fingerprint density at radius 3 is 2.67 bits per heavy atom. The van der Waals surface area contributed by atoms with E-state index in [1.165, 1.54) is 26.4 Å². The summed E-state index contributed by atoms with van der Waals surface area (Å²) in [6.07, 6.45) is -0.501. The van der Waals surface area contributed by atoms with Gasteiger partial charge < -0.3 is 19.3 Å². The Balaban J connectivity index is 2.38. The molecule has 1 N–H and O–H groups in total. The van der Waals surface area contributed by atoms with Crippen LogP contribution >= 0.6 is 0 Å². The van der Waals surface area contributed by atoms with E-state index in [-0.39, 0.29) is 18.0 Å². The van der Waals surface area contributed by atoms with E-state index in [2.05, 4.69) is 0 Å². The van der Waals surface area contributed by atoms with Crippen LogP contribution in [0.4, 0.5) is 0 Å². The molecule has 18 heavy (non-hydrogen) atoms. The topological polar surface area (TPSA) is 65.0 Å². The minimum Gasteiger partial charge on any atom is -0.508 e. The van der Waals surface area contributed by atoms with Gasteiger partial charge in [-0.3, -0.25) is 4.79 Å². The number of rotatable bonds is 3. The van der Waals surface area contributed by atoms with Gasteiger partial charge in [0.2, 0.25) is 0 Å². The number of benzene rings is 1. The average Bonchev–Trinajstić information content (AvgIpc) is 2.31. The molecule has 0 saturated carbocycles. The molecule has 1 unspecified atom stereocenters. The van der Waals surface area contributed by atoms with E-state index in [0.717, 1.165) is 0 Å². The van der Waals surface area contributed by atoms with Crippen molar-refractivity contribution in [1.29, 1.82) is 0 Å². The van der Waals surface area contributed by atoms with Gasteiger partial charge in [0, 0.05) is 14.2 Å². The normalized spacial score (nSPS) is 22.8. The zero-order valence-electron chi connectivity index (χ0n) is 10.6. The quantitative estimate of drug-likeness (QED) is 0.830. The summed E-state index contributed by atoms with van der Waals surface area (Å²) in [5.74, 6) is 0.378. The molecule has 0 aromatic heterocycles. The smallest absolute Gasteiger partial charge is 0.197 e. The lowest BCUT2D eigenvalue weighted by Gasteiger charge is -2.38. The molecule has 1 atom stereocenters. The van der Waals surface area contributed by atoms with Gasteiger partial charge in [-0.05, 0) is 25.1 Å². The van der Waals surface area contributed by atoms with Crippen molar-refractivity contribution in [3.05, 3.63) is 23.8 Å². The monoisotopic (exact) mass is 252 g/mol. The van der Waals surface area contributed by atoms with Crippen LogP contribution in [0.2, 0.25) is 0 Å². The van der Waals surface area contributed by atoms with Crippen molar-refractivity contribution in [2.45, 2.75) is 25.2 Å². The molecule has 0 bridgehead atoms. The van der Waals surface area contributed by atoms with Crippen molar-refractivity contribution in [3.63, 3.8) is 0 Å². The van der Waals surface area contributed by atoms with Gasteiger partial charge in [0.25, 0.3) is 0 Å². The Bertz CT molecular complexity index is 466. The van der Waals surface area contributed by atoms with E-state index in [9.17, 15) is 9.90 Å². The lowest BCUT2D eigenvalue weighted by molar-refractivity contribution is -0.197. The van der Waals surface area contributed by atoms with E-state index < -0.39 is 11.9 Å². The number of fused-ring (bicyclic) bond motifs is 1. The minimum atomic E-state index is -0.870. The average molecular weight is 252 g/mol. The van der Waals surface area contributed by atoms with Gasteiger partial charge in [-0.1, -0.05) is 0 Å². The molecular formula is C13H16O5. The second-order valence-electron chi connectivity index (χ2n) is 4.50. The zero-order valence-corrected chi connectivity index (χ0v) is 10.6. The number of aromatic hydroxyl groups is 1. The number of Topliss-reactive ketones (excluding diaryl/α,β-unsaturated/α-hetero) is 1. The van der Waals surface area contributed by atoms with E-state index in [0.29, 0.717) is 11.3 Å². The molecule has 1 aromatic rings. The second kappa shape index (κ2) is 4.59. The summed E-state index contributed by atoms with van der Waals surface area (Å²) >= 11 is 0. The van der Waals surface area contributed by atoms with E-state index in [1.807, 2.05) is 0 Å². The summed E-state index contributed by atoms with van der Waals surface area (Å²) in [6.45, 7) is 1.76. The lowest BCUT2D eigenvalue weighted by atomic mass is 9.90. The summed E-state index contributed by atoms with van der Waals surface area (Å²) < 4.78 is 16.2. The molecule has 0 radical (unpaired) electrons. The number of carbonyl (C=O) groups is 1. The molecule has 1 aliphatic heterocycles. The highest BCUT2D eigenvalue weighted by atomic mass is 16.7. The third-order valence-corrected chi connectivity index (χ3v) is 3.04. The standard InChI is InChI=1S/C13H16O5/c1-13(12(16-2)17-3)7-10(15)9-6-8(14)4-5-11(9)18-13/h4-6,12,14H,7H2,1-3H3. The number of ether oxygens (including phenoxy) is 3. The Labute approximate surface area is 105 Å². The number of ketones is 1. The maximum absolute atomic E-state index is 12.1. The maximum atomic E-state index is 12.1. The molecule has 1 heterocycles. The molecule has 2 rings (SSSR count). The fraction of sp³-hybridized carbons (Fsp3) is 0.462. The number of phenols is 1. The number of hydrogen-bond acceptors (Lipinski definition) is 5. The predicted molar refractivity (Wildman–Crippen MR) is 63.9 cm³/mol. The van der Waals surface area contributed by atoms with Crippen LogP contribution in [0, 0.1) is 0 Å². The van der Waals surface area contributed by atoms with Gasteiger partial charge in [0.15, 0.2) is 17.7 Å². The molecule has 5 nitrogen and oxygen atoms in total. The summed E-state index contributed by atoms with van der Waals surface area (Å²) in [4.78, 5) is 12.1. The first kappa shape index (κ1) is 12.9. The van der Waals surface area contributed by atoms with E-state index in [1.54, 1.807) is 13.0 Å². The van der Waals surface area contributed by atoms with Crippen LogP contribution in [0.3, 0.4) is 0 Å². The number of carbonyl (C=O) groups excluding carboxylic acids is 1. The molecule has 0 fully saturated rings. The fourth-order valence-electron chi connectivity index (χ4n) is 2.25. The molecule has 5 heteroatoms. The molecule has 0 saturated heterocycles. The Morgan fingerprint density at radius 2 is 2.06 bits per heavy atom. The van der Waals surface area contributed by atoms with Crippen LogP contribution in [0.15, 0.2) is 18.2 Å². The molecule has 1 aromatic carbocycles. The van der Waals surface area contributed by atoms with E-state index in [4.69, 9.17) is 14.2 Å². The third-order valence-electron chi connectivity index (χ3n) is 3.04. The van der Waals surface area contributed by atoms with Crippen molar-refractivity contribution >= 4 is 5.78 Å². The van der Waals surface area contributed by atoms with Gasteiger partial charge in [-0.15, -0.1) is 0 Å². The van der Waals surface area contributed by atoms with Gasteiger partial charge in [-0.2, -0.15) is 0 Å². The third kappa shape index (κ3) is 2.07. The van der Waals surface area contributed by atoms with Crippen molar-refractivity contribution in [2.75, 3.05) is 14.2 Å². The van der Waals surface area contributed by atoms with Crippen molar-refractivity contribution in [1.82, 2.24) is 0 Å². The highest BCUT2D eigenvalue weighted by Gasteiger charge is 2.44. The van der Waals surface area contributed by atoms with Crippen molar-refractivity contribution < 1.29 is 24.1 Å². The Morgan fingerprint density at radius 1 is 1.39 bits per heavy atom.